The number of hydrogen-bond donors (Lipinski definition) is 2. The predicted octanol–water partition coefficient (Wildman–Crippen LogP) is 2.09. The number of phenolic OH excluding ortho intramolecular Hbond substituents is 1. The maximum atomic E-state index is 12.1. The Balaban J connectivity index is 2.18. The number of ether oxygens (including phenoxy) is 1. The number of carbonyl (C=O) groups is 2. The third-order valence-electron chi connectivity index (χ3n) is 3.68. The molecule has 108 valence electrons. The predicted molar refractivity (Wildman–Crippen MR) is 74.3 cm³/mol. The molecule has 0 aromatic heterocycles. The normalized spacial score (nSPS) is 18.1. The summed E-state index contributed by atoms with van der Waals surface area (Å²) in [4.78, 5) is 23.8. The van der Waals surface area contributed by atoms with Crippen molar-refractivity contribution in [1.82, 2.24) is 0 Å². The van der Waals surface area contributed by atoms with E-state index in [-0.39, 0.29) is 23.5 Å². The van der Waals surface area contributed by atoms with E-state index in [1.54, 1.807) is 26.0 Å². The Hall–Kier alpha value is -2.04. The molecule has 2 rings (SSSR count). The van der Waals surface area contributed by atoms with Crippen LogP contribution in [-0.2, 0) is 20.7 Å². The molecule has 1 aromatic carbocycles. The monoisotopic (exact) mass is 277 g/mol. The van der Waals surface area contributed by atoms with E-state index in [0.29, 0.717) is 18.5 Å². The molecule has 0 radical (unpaired) electrons. The van der Waals surface area contributed by atoms with Gasteiger partial charge in [-0.25, -0.2) is 0 Å². The van der Waals surface area contributed by atoms with E-state index in [1.807, 2.05) is 0 Å². The van der Waals surface area contributed by atoms with Gasteiger partial charge in [0.05, 0.1) is 12.5 Å². The van der Waals surface area contributed by atoms with E-state index < -0.39 is 5.41 Å². The summed E-state index contributed by atoms with van der Waals surface area (Å²) >= 11 is 0. The number of rotatable bonds is 3. The molecule has 1 aromatic rings. The van der Waals surface area contributed by atoms with Crippen molar-refractivity contribution in [3.63, 3.8) is 0 Å². The Kier molecular flexibility index (Phi) is 3.70. The van der Waals surface area contributed by atoms with Crippen molar-refractivity contribution in [3.05, 3.63) is 23.8 Å². The Morgan fingerprint density at radius 1 is 1.50 bits per heavy atom. The molecule has 1 aliphatic heterocycles. The highest BCUT2D eigenvalue weighted by atomic mass is 16.5. The molecule has 0 fully saturated rings. The van der Waals surface area contributed by atoms with Crippen LogP contribution in [0.25, 0.3) is 0 Å². The lowest BCUT2D eigenvalue weighted by molar-refractivity contribution is -0.152. The van der Waals surface area contributed by atoms with Crippen LogP contribution >= 0.6 is 0 Å². The molecule has 20 heavy (non-hydrogen) atoms. The third kappa shape index (κ3) is 2.76. The summed E-state index contributed by atoms with van der Waals surface area (Å²) in [6.45, 7) is 3.55. The maximum absolute atomic E-state index is 12.1. The lowest BCUT2D eigenvalue weighted by atomic mass is 9.78. The van der Waals surface area contributed by atoms with Crippen molar-refractivity contribution in [2.75, 3.05) is 12.4 Å². The number of amides is 1. The van der Waals surface area contributed by atoms with Gasteiger partial charge >= 0.3 is 5.97 Å². The summed E-state index contributed by atoms with van der Waals surface area (Å²) in [5.74, 6) is -0.597. The number of phenols is 1. The van der Waals surface area contributed by atoms with Crippen LogP contribution in [0, 0.1) is 11.3 Å². The van der Waals surface area contributed by atoms with Crippen LogP contribution in [0.5, 0.6) is 5.75 Å². The van der Waals surface area contributed by atoms with E-state index in [0.717, 1.165) is 5.56 Å². The SMILES string of the molecule is COC(=O)C(C)(C)CC1Cc2ccc(O)cc2NC1=O. The van der Waals surface area contributed by atoms with Crippen LogP contribution in [-0.4, -0.2) is 24.1 Å². The molecule has 2 N–H and O–H groups in total. The van der Waals surface area contributed by atoms with Gasteiger partial charge < -0.3 is 15.2 Å². The number of aromatic hydroxyl groups is 1. The smallest absolute Gasteiger partial charge is 0.311 e. The van der Waals surface area contributed by atoms with Crippen LogP contribution in [0.15, 0.2) is 18.2 Å². The van der Waals surface area contributed by atoms with E-state index in [2.05, 4.69) is 5.32 Å². The summed E-state index contributed by atoms with van der Waals surface area (Å²) in [5, 5.41) is 12.2. The number of fused-ring (bicyclic) bond motifs is 1. The zero-order valence-electron chi connectivity index (χ0n) is 11.9. The number of esters is 1. The average Bonchev–Trinajstić information content (AvgIpc) is 2.38. The van der Waals surface area contributed by atoms with E-state index >= 15 is 0 Å². The molecule has 1 aliphatic rings. The minimum absolute atomic E-state index is 0.123. The van der Waals surface area contributed by atoms with Crippen LogP contribution in [0.4, 0.5) is 5.69 Å². The van der Waals surface area contributed by atoms with Gasteiger partial charge in [0.25, 0.3) is 0 Å². The van der Waals surface area contributed by atoms with Gasteiger partial charge in [0.2, 0.25) is 5.91 Å². The van der Waals surface area contributed by atoms with Crippen molar-refractivity contribution in [3.8, 4) is 5.75 Å². The molecule has 1 unspecified atom stereocenters. The largest absolute Gasteiger partial charge is 0.508 e. The highest BCUT2D eigenvalue weighted by molar-refractivity contribution is 5.96. The summed E-state index contributed by atoms with van der Waals surface area (Å²) in [7, 11) is 1.35. The van der Waals surface area contributed by atoms with Gasteiger partial charge in [-0.3, -0.25) is 9.59 Å². The maximum Gasteiger partial charge on any atom is 0.311 e. The first-order valence-corrected chi connectivity index (χ1v) is 6.54. The first-order valence-electron chi connectivity index (χ1n) is 6.54. The van der Waals surface area contributed by atoms with Crippen molar-refractivity contribution >= 4 is 17.6 Å². The fraction of sp³-hybridized carbons (Fsp3) is 0.467. The second-order valence-corrected chi connectivity index (χ2v) is 5.81. The molecule has 0 bridgehead atoms. The summed E-state index contributed by atoms with van der Waals surface area (Å²) in [6, 6.07) is 4.93. The molecule has 5 heteroatoms. The Morgan fingerprint density at radius 3 is 2.85 bits per heavy atom. The molecule has 1 atom stereocenters. The number of hydrogen-bond acceptors (Lipinski definition) is 4. The summed E-state index contributed by atoms with van der Waals surface area (Å²) in [5.41, 5.74) is 0.903. The van der Waals surface area contributed by atoms with Gasteiger partial charge in [-0.2, -0.15) is 0 Å². The molecule has 5 nitrogen and oxygen atoms in total. The Bertz CT molecular complexity index is 551. The first-order chi connectivity index (χ1) is 9.33. The molecular formula is C15H19NO4. The minimum Gasteiger partial charge on any atom is -0.508 e. The third-order valence-corrected chi connectivity index (χ3v) is 3.68. The highest BCUT2D eigenvalue weighted by Gasteiger charge is 2.36. The second kappa shape index (κ2) is 5.15. The van der Waals surface area contributed by atoms with E-state index in [1.165, 1.54) is 13.2 Å². The van der Waals surface area contributed by atoms with Gasteiger partial charge in [0, 0.05) is 17.7 Å². The van der Waals surface area contributed by atoms with Crippen LogP contribution < -0.4 is 5.32 Å². The molecule has 0 aliphatic carbocycles. The number of methoxy groups -OCH3 is 1. The lowest BCUT2D eigenvalue weighted by Gasteiger charge is -2.30. The lowest BCUT2D eigenvalue weighted by Crippen LogP contribution is -2.36. The van der Waals surface area contributed by atoms with Gasteiger partial charge in [-0.05, 0) is 38.3 Å². The molecule has 0 spiro atoms. The number of carbonyl (C=O) groups excluding carboxylic acids is 2. The van der Waals surface area contributed by atoms with Gasteiger partial charge in [0.1, 0.15) is 5.75 Å². The number of benzene rings is 1. The topological polar surface area (TPSA) is 75.6 Å². The Labute approximate surface area is 117 Å². The van der Waals surface area contributed by atoms with E-state index in [9.17, 15) is 14.7 Å². The zero-order chi connectivity index (χ0) is 14.9. The molecule has 0 saturated heterocycles. The molecular weight excluding hydrogens is 258 g/mol. The number of anilines is 1. The van der Waals surface area contributed by atoms with E-state index in [4.69, 9.17) is 4.74 Å². The highest BCUT2D eigenvalue weighted by Crippen LogP contribution is 2.35. The van der Waals surface area contributed by atoms with Crippen molar-refractivity contribution in [2.45, 2.75) is 26.7 Å². The number of nitrogens with one attached hydrogen (secondary N) is 1. The second-order valence-electron chi connectivity index (χ2n) is 5.81. The summed E-state index contributed by atoms with van der Waals surface area (Å²) < 4.78 is 4.77. The molecule has 0 saturated carbocycles. The van der Waals surface area contributed by atoms with Crippen LogP contribution in [0.1, 0.15) is 25.8 Å². The van der Waals surface area contributed by atoms with Gasteiger partial charge in [-0.1, -0.05) is 6.07 Å². The molecule has 1 heterocycles. The summed E-state index contributed by atoms with van der Waals surface area (Å²) in [6.07, 6.45) is 0.980. The Morgan fingerprint density at radius 2 is 2.20 bits per heavy atom. The van der Waals surface area contributed by atoms with Crippen molar-refractivity contribution < 1.29 is 19.4 Å². The van der Waals surface area contributed by atoms with Crippen molar-refractivity contribution in [2.24, 2.45) is 11.3 Å². The fourth-order valence-corrected chi connectivity index (χ4v) is 2.59. The average molecular weight is 277 g/mol. The van der Waals surface area contributed by atoms with Crippen LogP contribution in [0.3, 0.4) is 0 Å². The van der Waals surface area contributed by atoms with Crippen molar-refractivity contribution in [1.29, 1.82) is 0 Å². The first kappa shape index (κ1) is 14.4. The minimum atomic E-state index is -0.703. The zero-order valence-corrected chi connectivity index (χ0v) is 11.9. The molecule has 1 amide bonds. The van der Waals surface area contributed by atoms with Gasteiger partial charge in [-0.15, -0.1) is 0 Å². The standard InChI is InChI=1S/C15H19NO4/c1-15(2,14(19)20-3)8-10-6-9-4-5-11(17)7-12(9)16-13(10)18/h4-5,7,10,17H,6,8H2,1-3H3,(H,16,18). The fourth-order valence-electron chi connectivity index (χ4n) is 2.59. The van der Waals surface area contributed by atoms with Crippen LogP contribution in [0.2, 0.25) is 0 Å². The quantitative estimate of drug-likeness (QED) is 0.829. The van der Waals surface area contributed by atoms with Gasteiger partial charge in [0.15, 0.2) is 0 Å².